The Labute approximate surface area is 174 Å². The molecule has 0 spiro atoms. The molecule has 2 atom stereocenters. The molecular formula is C23H23N5O2. The van der Waals surface area contributed by atoms with Gasteiger partial charge in [0.15, 0.2) is 11.5 Å². The van der Waals surface area contributed by atoms with Crippen LogP contribution in [-0.2, 0) is 4.79 Å². The second-order valence-electron chi connectivity index (χ2n) is 7.14. The van der Waals surface area contributed by atoms with E-state index >= 15 is 0 Å². The lowest BCUT2D eigenvalue weighted by Crippen LogP contribution is -2.31. The number of rotatable bonds is 6. The molecule has 0 radical (unpaired) electrons. The van der Waals surface area contributed by atoms with Gasteiger partial charge in [-0.2, -0.15) is 0 Å². The maximum Gasteiger partial charge on any atom is 0.227 e. The summed E-state index contributed by atoms with van der Waals surface area (Å²) in [5, 5.41) is 7.47. The Hall–Kier alpha value is -3.74. The topological polar surface area (TPSA) is 81.4 Å². The van der Waals surface area contributed by atoms with Crippen LogP contribution in [0.5, 0.6) is 5.75 Å². The first-order valence-corrected chi connectivity index (χ1v) is 9.77. The van der Waals surface area contributed by atoms with Gasteiger partial charge in [0.05, 0.1) is 24.8 Å². The fourth-order valence-electron chi connectivity index (χ4n) is 3.21. The fraction of sp³-hybridized carbons (Fsp3) is 0.217. The fourth-order valence-corrected chi connectivity index (χ4v) is 3.21. The number of aromatic nitrogens is 4. The maximum absolute atomic E-state index is 12.6. The molecule has 4 aromatic rings. The highest BCUT2D eigenvalue weighted by Crippen LogP contribution is 2.22. The summed E-state index contributed by atoms with van der Waals surface area (Å²) in [6.45, 7) is 3.77. The molecule has 0 saturated heterocycles. The average Bonchev–Trinajstić information content (AvgIpc) is 3.23. The van der Waals surface area contributed by atoms with Crippen LogP contribution < -0.4 is 10.1 Å². The number of fused-ring (bicyclic) bond motifs is 1. The first-order chi connectivity index (χ1) is 14.5. The predicted octanol–water partition coefficient (Wildman–Crippen LogP) is 3.78. The van der Waals surface area contributed by atoms with Crippen LogP contribution in [0.2, 0.25) is 0 Å². The van der Waals surface area contributed by atoms with E-state index in [-0.39, 0.29) is 17.9 Å². The number of ether oxygens (including phenoxy) is 1. The molecule has 1 unspecified atom stereocenters. The Morgan fingerprint density at radius 1 is 1.07 bits per heavy atom. The third-order valence-corrected chi connectivity index (χ3v) is 5.07. The molecule has 30 heavy (non-hydrogen) atoms. The van der Waals surface area contributed by atoms with Crippen LogP contribution in [0.25, 0.3) is 16.9 Å². The Morgan fingerprint density at radius 3 is 2.50 bits per heavy atom. The van der Waals surface area contributed by atoms with Gasteiger partial charge in [0.1, 0.15) is 12.1 Å². The highest BCUT2D eigenvalue weighted by molar-refractivity contribution is 5.83. The lowest BCUT2D eigenvalue weighted by Gasteiger charge is -2.15. The van der Waals surface area contributed by atoms with Crippen molar-refractivity contribution in [1.29, 1.82) is 0 Å². The molecule has 2 aromatic carbocycles. The molecule has 7 heteroatoms. The Morgan fingerprint density at radius 2 is 1.80 bits per heavy atom. The molecular weight excluding hydrogens is 378 g/mol. The Bertz CT molecular complexity index is 1160. The van der Waals surface area contributed by atoms with Gasteiger partial charge in [0.2, 0.25) is 5.91 Å². The quantitative estimate of drug-likeness (QED) is 0.532. The van der Waals surface area contributed by atoms with Crippen molar-refractivity contribution in [3.63, 3.8) is 0 Å². The van der Waals surface area contributed by atoms with Crippen molar-refractivity contribution in [3.8, 4) is 17.0 Å². The van der Waals surface area contributed by atoms with E-state index in [0.29, 0.717) is 11.5 Å². The van der Waals surface area contributed by atoms with E-state index in [1.54, 1.807) is 18.0 Å². The van der Waals surface area contributed by atoms with Crippen LogP contribution in [0.15, 0.2) is 67.0 Å². The molecule has 4 rings (SSSR count). The normalized spacial score (nSPS) is 13.0. The van der Waals surface area contributed by atoms with E-state index in [1.165, 1.54) is 0 Å². The van der Waals surface area contributed by atoms with Crippen LogP contribution in [-0.4, -0.2) is 32.6 Å². The van der Waals surface area contributed by atoms with E-state index in [9.17, 15) is 4.79 Å². The monoisotopic (exact) mass is 401 g/mol. The van der Waals surface area contributed by atoms with Crippen molar-refractivity contribution in [3.05, 3.63) is 78.4 Å². The second-order valence-corrected chi connectivity index (χ2v) is 7.14. The molecule has 2 heterocycles. The first-order valence-electron chi connectivity index (χ1n) is 9.77. The van der Waals surface area contributed by atoms with E-state index in [4.69, 9.17) is 4.74 Å². The first kappa shape index (κ1) is 19.6. The number of carbonyl (C=O) groups is 1. The summed E-state index contributed by atoms with van der Waals surface area (Å²) in [6, 6.07) is 18.9. The number of carbonyl (C=O) groups excluding carboxylic acids is 1. The molecule has 0 fully saturated rings. The molecule has 2 aromatic heterocycles. The summed E-state index contributed by atoms with van der Waals surface area (Å²) in [5.74, 6) is 1.01. The highest BCUT2D eigenvalue weighted by Gasteiger charge is 2.20. The van der Waals surface area contributed by atoms with Gasteiger partial charge in [-0.3, -0.25) is 4.79 Å². The van der Waals surface area contributed by atoms with Gasteiger partial charge in [0.25, 0.3) is 0 Å². The molecule has 0 saturated carbocycles. The zero-order valence-electron chi connectivity index (χ0n) is 17.1. The minimum atomic E-state index is -0.326. The van der Waals surface area contributed by atoms with Crippen LogP contribution in [0, 0.1) is 0 Å². The summed E-state index contributed by atoms with van der Waals surface area (Å²) in [7, 11) is 1.64. The van der Waals surface area contributed by atoms with Crippen LogP contribution in [0.1, 0.15) is 37.2 Å². The molecule has 152 valence electrons. The smallest absolute Gasteiger partial charge is 0.227 e. The maximum atomic E-state index is 12.6. The highest BCUT2D eigenvalue weighted by atomic mass is 16.5. The van der Waals surface area contributed by atoms with Crippen LogP contribution >= 0.6 is 0 Å². The van der Waals surface area contributed by atoms with Crippen molar-refractivity contribution in [2.24, 2.45) is 0 Å². The van der Waals surface area contributed by atoms with Crippen LogP contribution in [0.4, 0.5) is 0 Å². The van der Waals surface area contributed by atoms with Crippen molar-refractivity contribution < 1.29 is 9.53 Å². The van der Waals surface area contributed by atoms with Gasteiger partial charge in [0, 0.05) is 11.6 Å². The molecule has 1 amide bonds. The van der Waals surface area contributed by atoms with E-state index in [0.717, 1.165) is 22.6 Å². The molecule has 1 N–H and O–H groups in total. The summed E-state index contributed by atoms with van der Waals surface area (Å²) >= 11 is 0. The number of hydrogen-bond donors (Lipinski definition) is 1. The van der Waals surface area contributed by atoms with Gasteiger partial charge < -0.3 is 10.1 Å². The number of nitrogens with one attached hydrogen (secondary N) is 1. The Balaban J connectivity index is 1.52. The molecule has 7 nitrogen and oxygen atoms in total. The van der Waals surface area contributed by atoms with Crippen molar-refractivity contribution in [2.45, 2.75) is 25.8 Å². The van der Waals surface area contributed by atoms with E-state index in [2.05, 4.69) is 20.4 Å². The summed E-state index contributed by atoms with van der Waals surface area (Å²) < 4.78 is 6.82. The summed E-state index contributed by atoms with van der Waals surface area (Å²) in [6.07, 6.45) is 1.63. The minimum absolute atomic E-state index is 0.0652. The Kier molecular flexibility index (Phi) is 5.43. The number of nitrogens with zero attached hydrogens (tertiary/aromatic N) is 4. The molecule has 0 aliphatic rings. The summed E-state index contributed by atoms with van der Waals surface area (Å²) in [4.78, 5) is 21.7. The number of methoxy groups -OCH3 is 1. The van der Waals surface area contributed by atoms with Gasteiger partial charge in [-0.05, 0) is 43.7 Å². The number of hydrogen-bond acceptors (Lipinski definition) is 5. The third-order valence-electron chi connectivity index (χ3n) is 5.07. The average molecular weight is 401 g/mol. The SMILES string of the molecule is COc1ccc(-c2cc3nc([C@H](C)NC(=O)C(C)c4ccccc4)nn3cn2)cc1. The molecule has 0 aliphatic heterocycles. The van der Waals surface area contributed by atoms with E-state index in [1.807, 2.05) is 74.5 Å². The minimum Gasteiger partial charge on any atom is -0.497 e. The van der Waals surface area contributed by atoms with E-state index < -0.39 is 0 Å². The van der Waals surface area contributed by atoms with Gasteiger partial charge >= 0.3 is 0 Å². The van der Waals surface area contributed by atoms with Gasteiger partial charge in [-0.25, -0.2) is 14.5 Å². The van der Waals surface area contributed by atoms with Gasteiger partial charge in [-0.1, -0.05) is 30.3 Å². The van der Waals surface area contributed by atoms with Gasteiger partial charge in [-0.15, -0.1) is 5.10 Å². The number of amides is 1. The zero-order valence-corrected chi connectivity index (χ0v) is 17.1. The lowest BCUT2D eigenvalue weighted by atomic mass is 10.0. The third kappa shape index (κ3) is 4.00. The predicted molar refractivity (Wildman–Crippen MR) is 114 cm³/mol. The number of benzene rings is 2. The summed E-state index contributed by atoms with van der Waals surface area (Å²) in [5.41, 5.74) is 3.39. The lowest BCUT2D eigenvalue weighted by molar-refractivity contribution is -0.122. The van der Waals surface area contributed by atoms with Crippen LogP contribution in [0.3, 0.4) is 0 Å². The molecule has 0 aliphatic carbocycles. The molecule has 0 bridgehead atoms. The van der Waals surface area contributed by atoms with Crippen molar-refractivity contribution in [2.75, 3.05) is 7.11 Å². The van der Waals surface area contributed by atoms with Crippen molar-refractivity contribution in [1.82, 2.24) is 24.9 Å². The zero-order chi connectivity index (χ0) is 21.1. The second kappa shape index (κ2) is 8.32. The van der Waals surface area contributed by atoms with Crippen molar-refractivity contribution >= 4 is 11.6 Å². The standard InChI is InChI=1S/C23H23N5O2/c1-15(17-7-5-4-6-8-17)23(29)25-16(2)22-26-21-13-20(24-14-28(21)27-22)18-9-11-19(30-3)12-10-18/h4-16H,1-3H3,(H,25,29)/t15?,16-/m0/s1. The largest absolute Gasteiger partial charge is 0.497 e.